The zero-order valence-electron chi connectivity index (χ0n) is 17.9. The number of benzene rings is 2. The number of nitrogens with zero attached hydrogens (tertiary/aromatic N) is 4. The SMILES string of the molecule is Cc1nn(Cc2c(F)cccc2Cl)c(C)c1NC(=S)Nc1cnn(Cc2ccccc2F)c1. The van der Waals surface area contributed by atoms with Gasteiger partial charge in [0.2, 0.25) is 0 Å². The topological polar surface area (TPSA) is 59.7 Å². The lowest BCUT2D eigenvalue weighted by atomic mass is 10.2. The van der Waals surface area contributed by atoms with Crippen LogP contribution >= 0.6 is 23.8 Å². The van der Waals surface area contributed by atoms with E-state index in [9.17, 15) is 8.78 Å². The van der Waals surface area contributed by atoms with Gasteiger partial charge < -0.3 is 10.6 Å². The molecule has 0 spiro atoms. The number of thiocarbonyl (C=S) groups is 1. The van der Waals surface area contributed by atoms with Gasteiger partial charge in [-0.25, -0.2) is 8.78 Å². The van der Waals surface area contributed by atoms with Crippen LogP contribution in [-0.4, -0.2) is 24.7 Å². The summed E-state index contributed by atoms with van der Waals surface area (Å²) in [5, 5.41) is 15.7. The van der Waals surface area contributed by atoms with Gasteiger partial charge in [-0.3, -0.25) is 9.36 Å². The van der Waals surface area contributed by atoms with Crippen molar-refractivity contribution in [1.82, 2.24) is 19.6 Å². The molecular formula is C23H21ClF2N6S. The molecule has 0 amide bonds. The van der Waals surface area contributed by atoms with Crippen molar-refractivity contribution >= 4 is 40.3 Å². The Hall–Kier alpha value is -3.30. The van der Waals surface area contributed by atoms with Crippen LogP contribution in [-0.2, 0) is 13.1 Å². The molecule has 2 N–H and O–H groups in total. The first kappa shape index (κ1) is 22.9. The van der Waals surface area contributed by atoms with Gasteiger partial charge in [-0.2, -0.15) is 10.2 Å². The number of anilines is 2. The summed E-state index contributed by atoms with van der Waals surface area (Å²) in [6, 6.07) is 11.2. The highest BCUT2D eigenvalue weighted by atomic mass is 35.5. The number of hydrogen-bond acceptors (Lipinski definition) is 3. The molecule has 0 bridgehead atoms. The van der Waals surface area contributed by atoms with Gasteiger partial charge in [-0.15, -0.1) is 0 Å². The summed E-state index contributed by atoms with van der Waals surface area (Å²) < 4.78 is 31.4. The third-order valence-electron chi connectivity index (χ3n) is 5.17. The lowest BCUT2D eigenvalue weighted by Crippen LogP contribution is -2.19. The molecule has 2 heterocycles. The second kappa shape index (κ2) is 9.68. The summed E-state index contributed by atoms with van der Waals surface area (Å²) in [5.41, 5.74) is 3.79. The highest BCUT2D eigenvalue weighted by Gasteiger charge is 2.16. The van der Waals surface area contributed by atoms with Crippen LogP contribution in [0.25, 0.3) is 0 Å². The maximum atomic E-state index is 14.2. The second-order valence-electron chi connectivity index (χ2n) is 7.50. The second-order valence-corrected chi connectivity index (χ2v) is 8.32. The quantitative estimate of drug-likeness (QED) is 0.351. The van der Waals surface area contributed by atoms with Crippen LogP contribution < -0.4 is 10.6 Å². The molecule has 0 atom stereocenters. The van der Waals surface area contributed by atoms with E-state index in [1.807, 2.05) is 13.8 Å². The molecule has 0 radical (unpaired) electrons. The predicted molar refractivity (Wildman–Crippen MR) is 130 cm³/mol. The monoisotopic (exact) mass is 486 g/mol. The predicted octanol–water partition coefficient (Wildman–Crippen LogP) is 5.53. The molecule has 10 heteroatoms. The van der Waals surface area contributed by atoms with E-state index in [0.29, 0.717) is 39.2 Å². The average Bonchev–Trinajstić information content (AvgIpc) is 3.31. The summed E-state index contributed by atoms with van der Waals surface area (Å²) in [6.45, 7) is 4.21. The van der Waals surface area contributed by atoms with Gasteiger partial charge in [-0.05, 0) is 44.3 Å². The molecule has 2 aromatic carbocycles. The fourth-order valence-electron chi connectivity index (χ4n) is 3.46. The third-order valence-corrected chi connectivity index (χ3v) is 5.73. The molecule has 0 saturated heterocycles. The molecule has 2 aromatic heterocycles. The summed E-state index contributed by atoms with van der Waals surface area (Å²) in [4.78, 5) is 0. The zero-order chi connectivity index (χ0) is 23.5. The Morgan fingerprint density at radius 3 is 2.55 bits per heavy atom. The number of aryl methyl sites for hydroxylation is 1. The first-order valence-electron chi connectivity index (χ1n) is 10.1. The van der Waals surface area contributed by atoms with Gasteiger partial charge in [0, 0.05) is 22.3 Å². The first-order valence-corrected chi connectivity index (χ1v) is 10.9. The fraction of sp³-hybridized carbons (Fsp3) is 0.174. The summed E-state index contributed by atoms with van der Waals surface area (Å²) in [5.74, 6) is -0.659. The summed E-state index contributed by atoms with van der Waals surface area (Å²) in [7, 11) is 0. The smallest absolute Gasteiger partial charge is 0.175 e. The van der Waals surface area contributed by atoms with Crippen LogP contribution in [0.3, 0.4) is 0 Å². The van der Waals surface area contributed by atoms with E-state index in [4.69, 9.17) is 23.8 Å². The Labute approximate surface area is 200 Å². The van der Waals surface area contributed by atoms with Gasteiger partial charge in [0.25, 0.3) is 0 Å². The van der Waals surface area contributed by atoms with E-state index in [1.54, 1.807) is 52.1 Å². The van der Waals surface area contributed by atoms with E-state index < -0.39 is 0 Å². The number of rotatable bonds is 6. The molecule has 170 valence electrons. The van der Waals surface area contributed by atoms with E-state index in [1.165, 1.54) is 12.1 Å². The van der Waals surface area contributed by atoms with E-state index >= 15 is 0 Å². The van der Waals surface area contributed by atoms with Crippen LogP contribution in [0.5, 0.6) is 0 Å². The van der Waals surface area contributed by atoms with Crippen molar-refractivity contribution in [1.29, 1.82) is 0 Å². The Morgan fingerprint density at radius 2 is 1.79 bits per heavy atom. The number of hydrogen-bond donors (Lipinski definition) is 2. The lowest BCUT2D eigenvalue weighted by Gasteiger charge is -2.11. The van der Waals surface area contributed by atoms with Crippen molar-refractivity contribution in [2.45, 2.75) is 26.9 Å². The van der Waals surface area contributed by atoms with E-state index in [0.717, 1.165) is 11.4 Å². The van der Waals surface area contributed by atoms with E-state index in [2.05, 4.69) is 20.8 Å². The number of nitrogens with one attached hydrogen (secondary N) is 2. The minimum Gasteiger partial charge on any atom is -0.330 e. The Balaban J connectivity index is 1.43. The Morgan fingerprint density at radius 1 is 1.03 bits per heavy atom. The molecule has 4 aromatic rings. The largest absolute Gasteiger partial charge is 0.330 e. The normalized spacial score (nSPS) is 10.9. The lowest BCUT2D eigenvalue weighted by molar-refractivity contribution is 0.579. The summed E-state index contributed by atoms with van der Waals surface area (Å²) >= 11 is 11.6. The maximum absolute atomic E-state index is 14.2. The molecule has 0 saturated carbocycles. The molecule has 0 aliphatic rings. The van der Waals surface area contributed by atoms with Crippen LogP contribution in [0.15, 0.2) is 54.9 Å². The minimum atomic E-state index is -0.380. The van der Waals surface area contributed by atoms with Gasteiger partial charge >= 0.3 is 0 Å². The van der Waals surface area contributed by atoms with Gasteiger partial charge in [0.05, 0.1) is 42.0 Å². The van der Waals surface area contributed by atoms with Gasteiger partial charge in [0.1, 0.15) is 11.6 Å². The van der Waals surface area contributed by atoms with Crippen LogP contribution in [0.1, 0.15) is 22.5 Å². The Kier molecular flexibility index (Phi) is 6.71. The standard InChI is InChI=1S/C23H21ClF2N6S/c1-14-22(15(2)32(30-14)13-18-19(24)7-5-9-21(18)26)29-23(33)28-17-10-27-31(12-17)11-16-6-3-4-8-20(16)25/h3-10,12H,11,13H2,1-2H3,(H2,28,29,33). The van der Waals surface area contributed by atoms with Crippen LogP contribution in [0.4, 0.5) is 20.2 Å². The van der Waals surface area contributed by atoms with Crippen molar-refractivity contribution in [3.8, 4) is 0 Å². The molecule has 33 heavy (non-hydrogen) atoms. The highest BCUT2D eigenvalue weighted by Crippen LogP contribution is 2.24. The Bertz CT molecular complexity index is 1300. The average molecular weight is 487 g/mol. The number of halogens is 3. The van der Waals surface area contributed by atoms with Crippen molar-refractivity contribution in [2.24, 2.45) is 0 Å². The summed E-state index contributed by atoms with van der Waals surface area (Å²) in [6.07, 6.45) is 3.35. The maximum Gasteiger partial charge on any atom is 0.175 e. The first-order chi connectivity index (χ1) is 15.8. The molecule has 4 rings (SSSR count). The van der Waals surface area contributed by atoms with Crippen molar-refractivity contribution in [3.05, 3.63) is 94.0 Å². The molecular weight excluding hydrogens is 466 g/mol. The van der Waals surface area contributed by atoms with Gasteiger partial charge in [-0.1, -0.05) is 35.9 Å². The molecule has 6 nitrogen and oxygen atoms in total. The molecule has 0 unspecified atom stereocenters. The van der Waals surface area contributed by atoms with Crippen molar-refractivity contribution < 1.29 is 8.78 Å². The van der Waals surface area contributed by atoms with Crippen LogP contribution in [0.2, 0.25) is 5.02 Å². The third kappa shape index (κ3) is 5.20. The fourth-order valence-corrected chi connectivity index (χ4v) is 3.90. The highest BCUT2D eigenvalue weighted by molar-refractivity contribution is 7.80. The minimum absolute atomic E-state index is 0.197. The molecule has 0 fully saturated rings. The van der Waals surface area contributed by atoms with Crippen molar-refractivity contribution in [3.63, 3.8) is 0 Å². The van der Waals surface area contributed by atoms with Gasteiger partial charge in [0.15, 0.2) is 5.11 Å². The molecule has 0 aliphatic heterocycles. The van der Waals surface area contributed by atoms with Crippen LogP contribution in [0, 0.1) is 25.5 Å². The molecule has 0 aliphatic carbocycles. The zero-order valence-corrected chi connectivity index (χ0v) is 19.5. The van der Waals surface area contributed by atoms with E-state index in [-0.39, 0.29) is 18.2 Å². The number of aromatic nitrogens is 4. The van der Waals surface area contributed by atoms with Crippen molar-refractivity contribution in [2.75, 3.05) is 10.6 Å².